The highest BCUT2D eigenvalue weighted by Crippen LogP contribution is 2.25. The molecule has 0 unspecified atom stereocenters. The van der Waals surface area contributed by atoms with Gasteiger partial charge in [-0.2, -0.15) is 0 Å². The molecule has 2 aromatic rings. The van der Waals surface area contributed by atoms with Crippen molar-refractivity contribution in [2.45, 2.75) is 13.8 Å². The number of rotatable bonds is 2. The van der Waals surface area contributed by atoms with Gasteiger partial charge < -0.3 is 4.42 Å². The molecule has 2 heteroatoms. The van der Waals surface area contributed by atoms with Crippen LogP contribution in [-0.4, -0.2) is 6.29 Å². The largest absolute Gasteiger partial charge is 0.461 e. The SMILES string of the molecule is Cc1ccc(-c2ccc(C)o2)c(C=O)c1. The Labute approximate surface area is 88.5 Å². The van der Waals surface area contributed by atoms with Crippen LogP contribution in [0.2, 0.25) is 0 Å². The van der Waals surface area contributed by atoms with E-state index in [-0.39, 0.29) is 0 Å². The summed E-state index contributed by atoms with van der Waals surface area (Å²) in [6, 6.07) is 9.52. The maximum atomic E-state index is 10.9. The van der Waals surface area contributed by atoms with Crippen molar-refractivity contribution in [3.05, 3.63) is 47.2 Å². The summed E-state index contributed by atoms with van der Waals surface area (Å²) in [5.41, 5.74) is 2.59. The van der Waals surface area contributed by atoms with Crippen molar-refractivity contribution in [1.82, 2.24) is 0 Å². The van der Waals surface area contributed by atoms with E-state index in [0.717, 1.165) is 28.9 Å². The van der Waals surface area contributed by atoms with Crippen LogP contribution in [0.5, 0.6) is 0 Å². The van der Waals surface area contributed by atoms with E-state index < -0.39 is 0 Å². The van der Waals surface area contributed by atoms with E-state index in [1.807, 2.05) is 44.2 Å². The zero-order chi connectivity index (χ0) is 10.8. The van der Waals surface area contributed by atoms with Crippen molar-refractivity contribution in [3.8, 4) is 11.3 Å². The molecular formula is C13H12O2. The molecule has 0 aliphatic heterocycles. The number of carbonyl (C=O) groups excluding carboxylic acids is 1. The van der Waals surface area contributed by atoms with Crippen LogP contribution in [0.15, 0.2) is 34.7 Å². The van der Waals surface area contributed by atoms with Crippen molar-refractivity contribution in [2.75, 3.05) is 0 Å². The molecule has 1 aromatic carbocycles. The third kappa shape index (κ3) is 1.84. The van der Waals surface area contributed by atoms with Crippen LogP contribution in [0.1, 0.15) is 21.7 Å². The van der Waals surface area contributed by atoms with Crippen molar-refractivity contribution >= 4 is 6.29 Å². The molecule has 0 atom stereocenters. The van der Waals surface area contributed by atoms with Crippen LogP contribution >= 0.6 is 0 Å². The number of hydrogen-bond donors (Lipinski definition) is 0. The summed E-state index contributed by atoms with van der Waals surface area (Å²) in [5.74, 6) is 1.59. The molecule has 0 aliphatic rings. The number of hydrogen-bond acceptors (Lipinski definition) is 2. The van der Waals surface area contributed by atoms with Crippen LogP contribution < -0.4 is 0 Å². The fourth-order valence-corrected chi connectivity index (χ4v) is 1.58. The van der Waals surface area contributed by atoms with Gasteiger partial charge in [-0.3, -0.25) is 4.79 Å². The van der Waals surface area contributed by atoms with E-state index in [0.29, 0.717) is 5.56 Å². The van der Waals surface area contributed by atoms with Gasteiger partial charge in [0.05, 0.1) is 0 Å². The molecule has 1 heterocycles. The van der Waals surface area contributed by atoms with Gasteiger partial charge in [-0.1, -0.05) is 17.7 Å². The minimum Gasteiger partial charge on any atom is -0.461 e. The van der Waals surface area contributed by atoms with E-state index in [1.54, 1.807) is 0 Å². The van der Waals surface area contributed by atoms with Crippen LogP contribution in [0, 0.1) is 13.8 Å². The van der Waals surface area contributed by atoms with E-state index >= 15 is 0 Å². The highest BCUT2D eigenvalue weighted by Gasteiger charge is 2.07. The number of furan rings is 1. The fourth-order valence-electron chi connectivity index (χ4n) is 1.58. The van der Waals surface area contributed by atoms with E-state index in [4.69, 9.17) is 4.42 Å². The van der Waals surface area contributed by atoms with Crippen molar-refractivity contribution in [1.29, 1.82) is 0 Å². The molecule has 76 valence electrons. The van der Waals surface area contributed by atoms with Crippen LogP contribution in [0.4, 0.5) is 0 Å². The summed E-state index contributed by atoms with van der Waals surface area (Å²) < 4.78 is 5.49. The van der Waals surface area contributed by atoms with Gasteiger partial charge in [0.1, 0.15) is 11.5 Å². The molecule has 0 spiro atoms. The summed E-state index contributed by atoms with van der Waals surface area (Å²) in [6.45, 7) is 3.85. The average Bonchev–Trinajstić information content (AvgIpc) is 2.64. The minimum absolute atomic E-state index is 0.671. The molecule has 0 amide bonds. The first-order chi connectivity index (χ1) is 7.20. The molecule has 0 bridgehead atoms. The summed E-state index contributed by atoms with van der Waals surface area (Å²) in [5, 5.41) is 0. The first-order valence-corrected chi connectivity index (χ1v) is 4.83. The van der Waals surface area contributed by atoms with Gasteiger partial charge in [0.25, 0.3) is 0 Å². The predicted molar refractivity (Wildman–Crippen MR) is 59.0 cm³/mol. The number of aryl methyl sites for hydroxylation is 2. The summed E-state index contributed by atoms with van der Waals surface area (Å²) in [6.07, 6.45) is 0.861. The Hall–Kier alpha value is -1.83. The summed E-state index contributed by atoms with van der Waals surface area (Å²) >= 11 is 0. The fraction of sp³-hybridized carbons (Fsp3) is 0.154. The minimum atomic E-state index is 0.671. The standard InChI is InChI=1S/C13H12O2/c1-9-3-5-12(11(7-9)8-14)13-6-4-10(2)15-13/h3-8H,1-2H3. The molecule has 0 N–H and O–H groups in total. The molecule has 0 aliphatic carbocycles. The Morgan fingerprint density at radius 1 is 1.13 bits per heavy atom. The van der Waals surface area contributed by atoms with Crippen molar-refractivity contribution < 1.29 is 9.21 Å². The molecule has 2 nitrogen and oxygen atoms in total. The maximum absolute atomic E-state index is 10.9. The van der Waals surface area contributed by atoms with E-state index in [1.165, 1.54) is 0 Å². The molecule has 0 fully saturated rings. The van der Waals surface area contributed by atoms with Crippen LogP contribution in [-0.2, 0) is 0 Å². The Morgan fingerprint density at radius 2 is 1.93 bits per heavy atom. The smallest absolute Gasteiger partial charge is 0.150 e. The Balaban J connectivity index is 2.57. The van der Waals surface area contributed by atoms with Gasteiger partial charge in [-0.15, -0.1) is 0 Å². The lowest BCUT2D eigenvalue weighted by Crippen LogP contribution is -1.87. The van der Waals surface area contributed by atoms with Gasteiger partial charge in [0.15, 0.2) is 6.29 Å². The molecule has 15 heavy (non-hydrogen) atoms. The van der Waals surface area contributed by atoms with E-state index in [2.05, 4.69) is 0 Å². The normalized spacial score (nSPS) is 10.3. The second kappa shape index (κ2) is 3.73. The van der Waals surface area contributed by atoms with Gasteiger partial charge in [-0.25, -0.2) is 0 Å². The van der Waals surface area contributed by atoms with Crippen molar-refractivity contribution in [2.24, 2.45) is 0 Å². The highest BCUT2D eigenvalue weighted by molar-refractivity contribution is 5.86. The predicted octanol–water partition coefficient (Wildman–Crippen LogP) is 3.38. The molecule has 0 radical (unpaired) electrons. The maximum Gasteiger partial charge on any atom is 0.150 e. The first-order valence-electron chi connectivity index (χ1n) is 4.83. The molecule has 0 saturated carbocycles. The van der Waals surface area contributed by atoms with E-state index in [9.17, 15) is 4.79 Å². The zero-order valence-electron chi connectivity index (χ0n) is 8.78. The van der Waals surface area contributed by atoms with Crippen molar-refractivity contribution in [3.63, 3.8) is 0 Å². The molecule has 0 saturated heterocycles. The van der Waals surface area contributed by atoms with Crippen LogP contribution in [0.25, 0.3) is 11.3 Å². The molecule has 2 rings (SSSR count). The highest BCUT2D eigenvalue weighted by atomic mass is 16.3. The Kier molecular flexibility index (Phi) is 2.42. The zero-order valence-corrected chi connectivity index (χ0v) is 8.78. The second-order valence-electron chi connectivity index (χ2n) is 3.62. The van der Waals surface area contributed by atoms with Crippen LogP contribution in [0.3, 0.4) is 0 Å². The lowest BCUT2D eigenvalue weighted by Gasteiger charge is -2.02. The molecule has 1 aromatic heterocycles. The lowest BCUT2D eigenvalue weighted by molar-refractivity contribution is 0.112. The summed E-state index contributed by atoms with van der Waals surface area (Å²) in [7, 11) is 0. The quantitative estimate of drug-likeness (QED) is 0.695. The van der Waals surface area contributed by atoms with Gasteiger partial charge in [-0.05, 0) is 32.0 Å². The Bertz CT molecular complexity index is 495. The number of aldehydes is 1. The molecular weight excluding hydrogens is 188 g/mol. The third-order valence-electron chi connectivity index (χ3n) is 2.34. The second-order valence-corrected chi connectivity index (χ2v) is 3.62. The lowest BCUT2D eigenvalue weighted by atomic mass is 10.0. The average molecular weight is 200 g/mol. The monoisotopic (exact) mass is 200 g/mol. The van der Waals surface area contributed by atoms with Gasteiger partial charge in [0, 0.05) is 11.1 Å². The first kappa shape index (κ1) is 9.71. The van der Waals surface area contributed by atoms with Gasteiger partial charge >= 0.3 is 0 Å². The topological polar surface area (TPSA) is 30.2 Å². The third-order valence-corrected chi connectivity index (χ3v) is 2.34. The van der Waals surface area contributed by atoms with Gasteiger partial charge in [0.2, 0.25) is 0 Å². The Morgan fingerprint density at radius 3 is 2.53 bits per heavy atom. The number of benzene rings is 1. The number of carbonyl (C=O) groups is 1. The summed E-state index contributed by atoms with van der Waals surface area (Å²) in [4.78, 5) is 10.9.